The van der Waals surface area contributed by atoms with E-state index in [1.54, 1.807) is 0 Å². The van der Waals surface area contributed by atoms with Crippen LogP contribution in [0.2, 0.25) is 0 Å². The van der Waals surface area contributed by atoms with E-state index in [1.807, 2.05) is 100 Å². The highest BCUT2D eigenvalue weighted by molar-refractivity contribution is 6.29. The van der Waals surface area contributed by atoms with E-state index in [4.69, 9.17) is 11.6 Å². The number of alkyl halides is 1. The van der Waals surface area contributed by atoms with Crippen molar-refractivity contribution >= 4 is 34.8 Å². The molecular formula is C24H32ClN3O2. The summed E-state index contributed by atoms with van der Waals surface area (Å²) in [6.07, 6.45) is 0. The Bertz CT molecular complexity index is 876. The van der Waals surface area contributed by atoms with E-state index in [0.717, 1.165) is 16.8 Å². The monoisotopic (exact) mass is 429 g/mol. The predicted molar refractivity (Wildman–Crippen MR) is 125 cm³/mol. The van der Waals surface area contributed by atoms with Crippen molar-refractivity contribution in [3.05, 3.63) is 59.7 Å². The third-order valence-electron chi connectivity index (χ3n) is 4.96. The van der Waals surface area contributed by atoms with Crippen molar-refractivity contribution in [1.29, 1.82) is 0 Å². The lowest BCUT2D eigenvalue weighted by molar-refractivity contribution is -0.142. The van der Waals surface area contributed by atoms with Crippen LogP contribution in [0, 0.1) is 5.41 Å². The fourth-order valence-corrected chi connectivity index (χ4v) is 3.40. The van der Waals surface area contributed by atoms with Gasteiger partial charge in [-0.2, -0.15) is 0 Å². The maximum atomic E-state index is 13.4. The van der Waals surface area contributed by atoms with E-state index in [1.165, 1.54) is 0 Å². The minimum Gasteiger partial charge on any atom is -0.377 e. The fraction of sp³-hybridized carbons (Fsp3) is 0.417. The number of rotatable bonds is 7. The van der Waals surface area contributed by atoms with Gasteiger partial charge < -0.3 is 15.1 Å². The first-order valence-corrected chi connectivity index (χ1v) is 10.6. The summed E-state index contributed by atoms with van der Waals surface area (Å²) in [5, 5.41) is 2.80. The van der Waals surface area contributed by atoms with Gasteiger partial charge in [0.05, 0.1) is 6.04 Å². The third kappa shape index (κ3) is 5.99. The minimum absolute atomic E-state index is 0.0683. The summed E-state index contributed by atoms with van der Waals surface area (Å²) in [5.41, 5.74) is 3.16. The summed E-state index contributed by atoms with van der Waals surface area (Å²) in [4.78, 5) is 29.1. The molecule has 0 heterocycles. The zero-order chi connectivity index (χ0) is 22.5. The van der Waals surface area contributed by atoms with Crippen LogP contribution in [0.15, 0.2) is 48.5 Å². The van der Waals surface area contributed by atoms with Crippen LogP contribution >= 0.6 is 11.6 Å². The molecule has 1 N–H and O–H groups in total. The van der Waals surface area contributed by atoms with Crippen LogP contribution in [-0.2, 0) is 16.1 Å². The Morgan fingerprint density at radius 2 is 1.70 bits per heavy atom. The fourth-order valence-electron chi connectivity index (χ4n) is 3.33. The van der Waals surface area contributed by atoms with Crippen molar-refractivity contribution < 1.29 is 9.59 Å². The minimum atomic E-state index is -0.522. The number of hydrogen-bond donors (Lipinski definition) is 1. The zero-order valence-electron chi connectivity index (χ0n) is 18.7. The molecule has 0 aromatic heterocycles. The Morgan fingerprint density at radius 1 is 1.07 bits per heavy atom. The lowest BCUT2D eigenvalue weighted by Crippen LogP contribution is -2.40. The topological polar surface area (TPSA) is 52.7 Å². The first-order valence-electron chi connectivity index (χ1n) is 10.1. The number of anilines is 2. The molecule has 0 aliphatic heterocycles. The molecule has 30 heavy (non-hydrogen) atoms. The summed E-state index contributed by atoms with van der Waals surface area (Å²) in [7, 11) is 3.93. The second-order valence-electron chi connectivity index (χ2n) is 8.69. The van der Waals surface area contributed by atoms with Crippen LogP contribution in [0.25, 0.3) is 0 Å². The van der Waals surface area contributed by atoms with E-state index in [9.17, 15) is 9.59 Å². The number of halogens is 1. The number of carbonyl (C=O) groups is 2. The van der Waals surface area contributed by atoms with E-state index >= 15 is 0 Å². The molecular weight excluding hydrogens is 398 g/mol. The molecule has 2 rings (SSSR count). The van der Waals surface area contributed by atoms with Crippen molar-refractivity contribution in [2.45, 2.75) is 40.3 Å². The predicted octanol–water partition coefficient (Wildman–Crippen LogP) is 5.07. The van der Waals surface area contributed by atoms with Crippen LogP contribution < -0.4 is 10.2 Å². The Labute approximate surface area is 185 Å². The number of nitrogens with one attached hydrogen (secondary N) is 1. The standard InChI is InChI=1S/C24H32ClN3O2/c1-17(18-10-8-7-9-11-18)28(23(30)24(2,3)4)16-19-14-20(26-22(29)15-25)12-13-21(19)27(5)6/h7-14,17H,15-16H2,1-6H3,(H,26,29). The Hall–Kier alpha value is -2.53. The molecule has 0 bridgehead atoms. The van der Waals surface area contributed by atoms with Crippen LogP contribution in [0.1, 0.15) is 44.9 Å². The van der Waals surface area contributed by atoms with Gasteiger partial charge in [0, 0.05) is 37.4 Å². The van der Waals surface area contributed by atoms with Gasteiger partial charge in [-0.05, 0) is 36.2 Å². The third-order valence-corrected chi connectivity index (χ3v) is 5.20. The van der Waals surface area contributed by atoms with E-state index in [2.05, 4.69) is 5.32 Å². The molecule has 1 atom stereocenters. The molecule has 2 aromatic rings. The van der Waals surface area contributed by atoms with Crippen molar-refractivity contribution in [2.75, 3.05) is 30.2 Å². The second kappa shape index (κ2) is 9.98. The van der Waals surface area contributed by atoms with Gasteiger partial charge in [0.1, 0.15) is 5.88 Å². The molecule has 0 aliphatic carbocycles. The van der Waals surface area contributed by atoms with Gasteiger partial charge in [-0.1, -0.05) is 51.1 Å². The molecule has 1 unspecified atom stereocenters. The van der Waals surface area contributed by atoms with Gasteiger partial charge in [0.2, 0.25) is 11.8 Å². The summed E-state index contributed by atoms with van der Waals surface area (Å²) in [6.45, 7) is 8.27. The molecule has 0 radical (unpaired) electrons. The van der Waals surface area contributed by atoms with Crippen LogP contribution in [-0.4, -0.2) is 36.7 Å². The maximum absolute atomic E-state index is 13.4. The van der Waals surface area contributed by atoms with Gasteiger partial charge >= 0.3 is 0 Å². The molecule has 0 saturated carbocycles. The lowest BCUT2D eigenvalue weighted by Gasteiger charge is -2.35. The van der Waals surface area contributed by atoms with Crippen molar-refractivity contribution in [3.63, 3.8) is 0 Å². The van der Waals surface area contributed by atoms with Gasteiger partial charge in [0.25, 0.3) is 0 Å². The van der Waals surface area contributed by atoms with Gasteiger partial charge in [-0.3, -0.25) is 9.59 Å². The molecule has 0 saturated heterocycles. The largest absolute Gasteiger partial charge is 0.377 e. The SMILES string of the molecule is CC(c1ccccc1)N(Cc1cc(NC(=O)CCl)ccc1N(C)C)C(=O)C(C)(C)C. The zero-order valence-corrected chi connectivity index (χ0v) is 19.5. The van der Waals surface area contributed by atoms with E-state index < -0.39 is 5.41 Å². The van der Waals surface area contributed by atoms with Crippen molar-refractivity contribution in [2.24, 2.45) is 5.41 Å². The smallest absolute Gasteiger partial charge is 0.239 e. The van der Waals surface area contributed by atoms with Crippen LogP contribution in [0.3, 0.4) is 0 Å². The first-order chi connectivity index (χ1) is 14.0. The Morgan fingerprint density at radius 3 is 2.23 bits per heavy atom. The number of nitrogens with zero attached hydrogens (tertiary/aromatic N) is 2. The maximum Gasteiger partial charge on any atom is 0.239 e. The molecule has 5 nitrogen and oxygen atoms in total. The Balaban J connectivity index is 2.48. The van der Waals surface area contributed by atoms with Crippen LogP contribution in [0.4, 0.5) is 11.4 Å². The van der Waals surface area contributed by atoms with Crippen molar-refractivity contribution in [3.8, 4) is 0 Å². The highest BCUT2D eigenvalue weighted by Gasteiger charge is 2.31. The van der Waals surface area contributed by atoms with E-state index in [-0.39, 0.29) is 23.7 Å². The molecule has 162 valence electrons. The molecule has 6 heteroatoms. The average Bonchev–Trinajstić information content (AvgIpc) is 2.70. The highest BCUT2D eigenvalue weighted by atomic mass is 35.5. The summed E-state index contributed by atoms with van der Waals surface area (Å²) >= 11 is 5.64. The normalized spacial score (nSPS) is 12.2. The Kier molecular flexibility index (Phi) is 7.90. The number of carbonyl (C=O) groups excluding carboxylic acids is 2. The van der Waals surface area contributed by atoms with Crippen molar-refractivity contribution in [1.82, 2.24) is 4.90 Å². The number of benzene rings is 2. The molecule has 0 aliphatic rings. The summed E-state index contributed by atoms with van der Waals surface area (Å²) in [5.74, 6) is -0.302. The van der Waals surface area contributed by atoms with Gasteiger partial charge in [-0.15, -0.1) is 11.6 Å². The highest BCUT2D eigenvalue weighted by Crippen LogP contribution is 2.32. The molecule has 0 fully saturated rings. The lowest BCUT2D eigenvalue weighted by atomic mass is 9.92. The molecule has 2 amide bonds. The average molecular weight is 430 g/mol. The number of amides is 2. The quantitative estimate of drug-likeness (QED) is 0.625. The van der Waals surface area contributed by atoms with Gasteiger partial charge in [0.15, 0.2) is 0 Å². The van der Waals surface area contributed by atoms with Crippen LogP contribution in [0.5, 0.6) is 0 Å². The van der Waals surface area contributed by atoms with Gasteiger partial charge in [-0.25, -0.2) is 0 Å². The summed E-state index contributed by atoms with van der Waals surface area (Å²) < 4.78 is 0. The summed E-state index contributed by atoms with van der Waals surface area (Å²) in [6, 6.07) is 15.6. The van der Waals surface area contributed by atoms with E-state index in [0.29, 0.717) is 12.2 Å². The number of hydrogen-bond acceptors (Lipinski definition) is 3. The first kappa shape index (κ1) is 23.7. The second-order valence-corrected chi connectivity index (χ2v) is 8.96. The molecule has 0 spiro atoms. The molecule has 2 aromatic carbocycles.